The van der Waals surface area contributed by atoms with Crippen LogP contribution < -0.4 is 10.5 Å². The molecule has 0 bridgehead atoms. The third-order valence-electron chi connectivity index (χ3n) is 2.53. The average Bonchev–Trinajstić information content (AvgIpc) is 2.34. The van der Waals surface area contributed by atoms with Crippen molar-refractivity contribution in [2.75, 3.05) is 5.73 Å². The van der Waals surface area contributed by atoms with Crippen molar-refractivity contribution in [1.29, 1.82) is 5.26 Å². The van der Waals surface area contributed by atoms with Crippen LogP contribution in [-0.4, -0.2) is 0 Å². The third kappa shape index (κ3) is 2.55. The molecule has 0 amide bonds. The maximum absolute atomic E-state index is 8.84. The van der Waals surface area contributed by atoms with E-state index in [4.69, 9.17) is 27.3 Å². The summed E-state index contributed by atoms with van der Waals surface area (Å²) in [6.07, 6.45) is 0. The quantitative estimate of drug-likeness (QED) is 0.831. The minimum Gasteiger partial charge on any atom is -0.457 e. The zero-order valence-corrected chi connectivity index (χ0v) is 10.5. The first-order valence-electron chi connectivity index (χ1n) is 5.34. The van der Waals surface area contributed by atoms with Gasteiger partial charge in [0.25, 0.3) is 0 Å². The smallest absolute Gasteiger partial charge is 0.129 e. The van der Waals surface area contributed by atoms with Crippen LogP contribution in [0.25, 0.3) is 0 Å². The van der Waals surface area contributed by atoms with Gasteiger partial charge in [-0.25, -0.2) is 0 Å². The standard InChI is InChI=1S/C14H11ClN2O/c1-9-6-11(3-2-10(9)8-16)18-12-4-5-14(17)13(15)7-12/h2-7H,17H2,1H3. The van der Waals surface area contributed by atoms with E-state index in [2.05, 4.69) is 6.07 Å². The van der Waals surface area contributed by atoms with Gasteiger partial charge in [0, 0.05) is 6.07 Å². The Labute approximate surface area is 110 Å². The van der Waals surface area contributed by atoms with Gasteiger partial charge in [0.1, 0.15) is 11.5 Å². The molecule has 0 fully saturated rings. The van der Waals surface area contributed by atoms with Crippen molar-refractivity contribution in [2.45, 2.75) is 6.92 Å². The number of halogens is 1. The van der Waals surface area contributed by atoms with E-state index in [1.54, 1.807) is 30.3 Å². The molecule has 2 rings (SSSR count). The molecule has 3 nitrogen and oxygen atoms in total. The second-order valence-corrected chi connectivity index (χ2v) is 4.28. The van der Waals surface area contributed by atoms with Crippen LogP contribution in [0.1, 0.15) is 11.1 Å². The molecule has 90 valence electrons. The molecule has 2 aromatic carbocycles. The molecule has 2 N–H and O–H groups in total. The highest BCUT2D eigenvalue weighted by molar-refractivity contribution is 6.33. The Kier molecular flexibility index (Phi) is 3.40. The highest BCUT2D eigenvalue weighted by atomic mass is 35.5. The molecule has 0 atom stereocenters. The Balaban J connectivity index is 2.26. The number of nitrogens with two attached hydrogens (primary N) is 1. The number of hydrogen-bond acceptors (Lipinski definition) is 3. The predicted octanol–water partition coefficient (Wildman–Crippen LogP) is 3.89. The van der Waals surface area contributed by atoms with Crippen LogP contribution in [0.2, 0.25) is 5.02 Å². The van der Waals surface area contributed by atoms with Crippen LogP contribution >= 0.6 is 11.6 Å². The largest absolute Gasteiger partial charge is 0.457 e. The van der Waals surface area contributed by atoms with Gasteiger partial charge >= 0.3 is 0 Å². The lowest BCUT2D eigenvalue weighted by atomic mass is 10.1. The number of nitriles is 1. The van der Waals surface area contributed by atoms with Crippen LogP contribution in [0, 0.1) is 18.3 Å². The number of nitrogen functional groups attached to an aromatic ring is 1. The molecular weight excluding hydrogens is 248 g/mol. The summed E-state index contributed by atoms with van der Waals surface area (Å²) < 4.78 is 5.65. The van der Waals surface area contributed by atoms with Crippen molar-refractivity contribution in [3.05, 3.63) is 52.5 Å². The zero-order chi connectivity index (χ0) is 13.1. The van der Waals surface area contributed by atoms with Gasteiger partial charge in [-0.2, -0.15) is 5.26 Å². The Morgan fingerprint density at radius 2 is 1.83 bits per heavy atom. The monoisotopic (exact) mass is 258 g/mol. The molecule has 0 aliphatic heterocycles. The summed E-state index contributed by atoms with van der Waals surface area (Å²) in [5.74, 6) is 1.27. The third-order valence-corrected chi connectivity index (χ3v) is 2.85. The summed E-state index contributed by atoms with van der Waals surface area (Å²) in [5.41, 5.74) is 7.64. The van der Waals surface area contributed by atoms with Crippen LogP contribution in [0.5, 0.6) is 11.5 Å². The Hall–Kier alpha value is -2.18. The first-order valence-corrected chi connectivity index (χ1v) is 5.71. The summed E-state index contributed by atoms with van der Waals surface area (Å²) >= 11 is 5.91. The van der Waals surface area contributed by atoms with Crippen molar-refractivity contribution in [1.82, 2.24) is 0 Å². The SMILES string of the molecule is Cc1cc(Oc2ccc(N)c(Cl)c2)ccc1C#N. The molecule has 0 saturated heterocycles. The van der Waals surface area contributed by atoms with Gasteiger partial charge in [0.2, 0.25) is 0 Å². The van der Waals surface area contributed by atoms with E-state index in [9.17, 15) is 0 Å². The van der Waals surface area contributed by atoms with Gasteiger partial charge in [-0.05, 0) is 42.8 Å². The summed E-state index contributed by atoms with van der Waals surface area (Å²) in [4.78, 5) is 0. The van der Waals surface area contributed by atoms with E-state index in [1.165, 1.54) is 0 Å². The van der Waals surface area contributed by atoms with Crippen molar-refractivity contribution in [3.63, 3.8) is 0 Å². The summed E-state index contributed by atoms with van der Waals surface area (Å²) in [7, 11) is 0. The van der Waals surface area contributed by atoms with Crippen molar-refractivity contribution >= 4 is 17.3 Å². The molecule has 0 aliphatic rings. The number of nitrogens with zero attached hydrogens (tertiary/aromatic N) is 1. The highest BCUT2D eigenvalue weighted by Gasteiger charge is 2.03. The van der Waals surface area contributed by atoms with Crippen molar-refractivity contribution in [3.8, 4) is 17.6 Å². The minimum absolute atomic E-state index is 0.456. The Morgan fingerprint density at radius 1 is 1.17 bits per heavy atom. The predicted molar refractivity (Wildman–Crippen MR) is 71.8 cm³/mol. The van der Waals surface area contributed by atoms with Crippen LogP contribution in [0.4, 0.5) is 5.69 Å². The van der Waals surface area contributed by atoms with Gasteiger partial charge in [-0.1, -0.05) is 11.6 Å². The van der Waals surface area contributed by atoms with Crippen molar-refractivity contribution < 1.29 is 4.74 Å². The van der Waals surface area contributed by atoms with Gasteiger partial charge in [0.15, 0.2) is 0 Å². The number of benzene rings is 2. The van der Waals surface area contributed by atoms with E-state index in [1.807, 2.05) is 13.0 Å². The number of hydrogen-bond donors (Lipinski definition) is 1. The summed E-state index contributed by atoms with van der Waals surface area (Å²) in [6.45, 7) is 1.86. The number of ether oxygens (including phenoxy) is 1. The van der Waals surface area contributed by atoms with E-state index >= 15 is 0 Å². The fourth-order valence-corrected chi connectivity index (χ4v) is 1.70. The molecule has 18 heavy (non-hydrogen) atoms. The summed E-state index contributed by atoms with van der Waals surface area (Å²) in [6, 6.07) is 12.5. The molecule has 0 aliphatic carbocycles. The fourth-order valence-electron chi connectivity index (χ4n) is 1.53. The lowest BCUT2D eigenvalue weighted by Crippen LogP contribution is -1.90. The van der Waals surface area contributed by atoms with Gasteiger partial charge < -0.3 is 10.5 Å². The van der Waals surface area contributed by atoms with Gasteiger partial charge in [-0.3, -0.25) is 0 Å². The number of aryl methyl sites for hydroxylation is 1. The highest BCUT2D eigenvalue weighted by Crippen LogP contribution is 2.28. The van der Waals surface area contributed by atoms with E-state index in [0.717, 1.165) is 5.56 Å². The van der Waals surface area contributed by atoms with E-state index in [-0.39, 0.29) is 0 Å². The lowest BCUT2D eigenvalue weighted by Gasteiger charge is -2.08. The van der Waals surface area contributed by atoms with Gasteiger partial charge in [0.05, 0.1) is 22.3 Å². The van der Waals surface area contributed by atoms with E-state index < -0.39 is 0 Å². The molecule has 0 radical (unpaired) electrons. The lowest BCUT2D eigenvalue weighted by molar-refractivity contribution is 0.482. The summed E-state index contributed by atoms with van der Waals surface area (Å²) in [5, 5.41) is 9.30. The van der Waals surface area contributed by atoms with E-state index in [0.29, 0.717) is 27.8 Å². The van der Waals surface area contributed by atoms with Crippen LogP contribution in [-0.2, 0) is 0 Å². The minimum atomic E-state index is 0.456. The molecule has 0 saturated carbocycles. The average molecular weight is 259 g/mol. The maximum atomic E-state index is 8.84. The van der Waals surface area contributed by atoms with Crippen molar-refractivity contribution in [2.24, 2.45) is 0 Å². The zero-order valence-electron chi connectivity index (χ0n) is 9.77. The first-order chi connectivity index (χ1) is 8.60. The van der Waals surface area contributed by atoms with Crippen LogP contribution in [0.15, 0.2) is 36.4 Å². The number of anilines is 1. The molecule has 4 heteroatoms. The second-order valence-electron chi connectivity index (χ2n) is 3.87. The molecule has 0 heterocycles. The molecule has 2 aromatic rings. The van der Waals surface area contributed by atoms with Crippen LogP contribution in [0.3, 0.4) is 0 Å². The molecular formula is C14H11ClN2O. The Morgan fingerprint density at radius 3 is 2.44 bits per heavy atom. The second kappa shape index (κ2) is 4.99. The number of rotatable bonds is 2. The maximum Gasteiger partial charge on any atom is 0.129 e. The Bertz CT molecular complexity index is 632. The molecule has 0 aromatic heterocycles. The first kappa shape index (κ1) is 12.3. The molecule has 0 spiro atoms. The van der Waals surface area contributed by atoms with Gasteiger partial charge in [-0.15, -0.1) is 0 Å². The topological polar surface area (TPSA) is 59.0 Å². The fraction of sp³-hybridized carbons (Fsp3) is 0.0714. The normalized spacial score (nSPS) is 9.83. The molecule has 0 unspecified atom stereocenters.